The van der Waals surface area contributed by atoms with Crippen molar-refractivity contribution in [1.29, 1.82) is 0 Å². The van der Waals surface area contributed by atoms with Crippen LogP contribution >= 0.6 is 0 Å². The van der Waals surface area contributed by atoms with Crippen LogP contribution in [0.1, 0.15) is 11.1 Å². The molecule has 0 saturated carbocycles. The lowest BCUT2D eigenvalue weighted by molar-refractivity contribution is 0.619. The van der Waals surface area contributed by atoms with Crippen molar-refractivity contribution in [3.05, 3.63) is 72.1 Å². The first-order valence-electron chi connectivity index (χ1n) is 7.32. The van der Waals surface area contributed by atoms with Crippen LogP contribution in [-0.2, 0) is 0 Å². The van der Waals surface area contributed by atoms with Gasteiger partial charge in [-0.3, -0.25) is 0 Å². The molecule has 0 aliphatic carbocycles. The zero-order valence-corrected chi connectivity index (χ0v) is 12.6. The molecule has 3 nitrogen and oxygen atoms in total. The zero-order chi connectivity index (χ0) is 15.1. The first-order valence-corrected chi connectivity index (χ1v) is 7.32. The Hall–Kier alpha value is -2.81. The van der Waals surface area contributed by atoms with E-state index in [1.165, 1.54) is 11.1 Å². The number of oxazole rings is 1. The lowest BCUT2D eigenvalue weighted by Crippen LogP contribution is -1.88. The van der Waals surface area contributed by atoms with Gasteiger partial charge in [-0.1, -0.05) is 6.07 Å². The minimum Gasteiger partial charge on any atom is -0.436 e. The SMILES string of the molecule is Cc1ccc(-c2nc3cc(-n4cccc4)ccc3o2)cc1C. The topological polar surface area (TPSA) is 31.0 Å². The van der Waals surface area contributed by atoms with Gasteiger partial charge in [0.1, 0.15) is 5.52 Å². The molecule has 0 saturated heterocycles. The predicted molar refractivity (Wildman–Crippen MR) is 88.2 cm³/mol. The van der Waals surface area contributed by atoms with E-state index in [0.29, 0.717) is 5.89 Å². The Morgan fingerprint density at radius 3 is 2.50 bits per heavy atom. The van der Waals surface area contributed by atoms with Crippen LogP contribution < -0.4 is 0 Å². The van der Waals surface area contributed by atoms with E-state index in [4.69, 9.17) is 4.42 Å². The maximum atomic E-state index is 5.90. The predicted octanol–water partition coefficient (Wildman–Crippen LogP) is 4.90. The summed E-state index contributed by atoms with van der Waals surface area (Å²) in [6.07, 6.45) is 4.04. The molecule has 3 heteroatoms. The molecular weight excluding hydrogens is 272 g/mol. The van der Waals surface area contributed by atoms with Crippen LogP contribution in [0.3, 0.4) is 0 Å². The molecule has 4 aromatic rings. The molecule has 0 amide bonds. The summed E-state index contributed by atoms with van der Waals surface area (Å²) < 4.78 is 7.96. The first-order chi connectivity index (χ1) is 10.7. The third kappa shape index (κ3) is 2.11. The van der Waals surface area contributed by atoms with Gasteiger partial charge in [0, 0.05) is 23.6 Å². The van der Waals surface area contributed by atoms with Gasteiger partial charge in [0.05, 0.1) is 0 Å². The third-order valence-electron chi connectivity index (χ3n) is 4.03. The number of hydrogen-bond acceptors (Lipinski definition) is 2. The Bertz CT molecular complexity index is 949. The highest BCUT2D eigenvalue weighted by Gasteiger charge is 2.10. The van der Waals surface area contributed by atoms with Crippen LogP contribution in [-0.4, -0.2) is 9.55 Å². The fourth-order valence-electron chi connectivity index (χ4n) is 2.58. The van der Waals surface area contributed by atoms with E-state index in [2.05, 4.69) is 41.6 Å². The Labute approximate surface area is 128 Å². The van der Waals surface area contributed by atoms with E-state index in [9.17, 15) is 0 Å². The largest absolute Gasteiger partial charge is 0.436 e. The molecule has 22 heavy (non-hydrogen) atoms. The molecule has 0 bridgehead atoms. The van der Waals surface area contributed by atoms with Crippen LogP contribution in [0.5, 0.6) is 0 Å². The summed E-state index contributed by atoms with van der Waals surface area (Å²) in [6, 6.07) is 16.3. The first kappa shape index (κ1) is 12.9. The second-order valence-corrected chi connectivity index (χ2v) is 5.56. The van der Waals surface area contributed by atoms with E-state index in [1.54, 1.807) is 0 Å². The van der Waals surface area contributed by atoms with Crippen LogP contribution in [0, 0.1) is 13.8 Å². The van der Waals surface area contributed by atoms with Crippen LogP contribution in [0.25, 0.3) is 28.2 Å². The molecule has 2 aromatic carbocycles. The van der Waals surface area contributed by atoms with Gasteiger partial charge in [-0.15, -0.1) is 0 Å². The summed E-state index contributed by atoms with van der Waals surface area (Å²) in [5, 5.41) is 0. The number of aryl methyl sites for hydroxylation is 2. The van der Waals surface area contributed by atoms with E-state index in [1.807, 2.05) is 42.7 Å². The Morgan fingerprint density at radius 1 is 0.909 bits per heavy atom. The second-order valence-electron chi connectivity index (χ2n) is 5.56. The molecule has 0 aliphatic heterocycles. The average molecular weight is 288 g/mol. The second kappa shape index (κ2) is 4.88. The third-order valence-corrected chi connectivity index (χ3v) is 4.03. The number of benzene rings is 2. The lowest BCUT2D eigenvalue weighted by Gasteiger charge is -2.01. The average Bonchev–Trinajstić information content (AvgIpc) is 3.17. The number of rotatable bonds is 2. The molecule has 0 N–H and O–H groups in total. The molecule has 108 valence electrons. The fourth-order valence-corrected chi connectivity index (χ4v) is 2.58. The number of aromatic nitrogens is 2. The van der Waals surface area contributed by atoms with E-state index in [-0.39, 0.29) is 0 Å². The highest BCUT2D eigenvalue weighted by atomic mass is 16.3. The Kier molecular flexibility index (Phi) is 2.86. The summed E-state index contributed by atoms with van der Waals surface area (Å²) in [4.78, 5) is 4.64. The molecule has 2 aromatic heterocycles. The van der Waals surface area contributed by atoms with Crippen molar-refractivity contribution in [2.75, 3.05) is 0 Å². The summed E-state index contributed by atoms with van der Waals surface area (Å²) in [6.45, 7) is 4.21. The lowest BCUT2D eigenvalue weighted by atomic mass is 10.1. The maximum absolute atomic E-state index is 5.90. The summed E-state index contributed by atoms with van der Waals surface area (Å²) in [7, 11) is 0. The summed E-state index contributed by atoms with van der Waals surface area (Å²) in [5.41, 5.74) is 6.30. The molecule has 4 rings (SSSR count). The van der Waals surface area contributed by atoms with Gasteiger partial charge in [-0.25, -0.2) is 4.98 Å². The van der Waals surface area contributed by atoms with E-state index >= 15 is 0 Å². The van der Waals surface area contributed by atoms with E-state index < -0.39 is 0 Å². The minimum absolute atomic E-state index is 0.669. The standard InChI is InChI=1S/C19H16N2O/c1-13-5-6-15(11-14(13)2)19-20-17-12-16(7-8-18(17)22-19)21-9-3-4-10-21/h3-12H,1-2H3. The summed E-state index contributed by atoms with van der Waals surface area (Å²) >= 11 is 0. The monoisotopic (exact) mass is 288 g/mol. The minimum atomic E-state index is 0.669. The van der Waals surface area contributed by atoms with Crippen LogP contribution in [0.15, 0.2) is 65.3 Å². The number of fused-ring (bicyclic) bond motifs is 1. The smallest absolute Gasteiger partial charge is 0.227 e. The molecular formula is C19H16N2O. The van der Waals surface area contributed by atoms with Crippen molar-refractivity contribution in [3.8, 4) is 17.1 Å². The molecule has 2 heterocycles. The van der Waals surface area contributed by atoms with Gasteiger partial charge in [0.2, 0.25) is 5.89 Å². The van der Waals surface area contributed by atoms with Crippen LogP contribution in [0.4, 0.5) is 0 Å². The number of nitrogens with zero attached hydrogens (tertiary/aromatic N) is 2. The molecule has 0 radical (unpaired) electrons. The van der Waals surface area contributed by atoms with Crippen molar-refractivity contribution in [2.45, 2.75) is 13.8 Å². The van der Waals surface area contributed by atoms with Gasteiger partial charge in [-0.05, 0) is 67.4 Å². The van der Waals surface area contributed by atoms with Crippen molar-refractivity contribution >= 4 is 11.1 Å². The number of hydrogen-bond donors (Lipinski definition) is 0. The molecule has 0 fully saturated rings. The van der Waals surface area contributed by atoms with Crippen molar-refractivity contribution in [2.24, 2.45) is 0 Å². The quantitative estimate of drug-likeness (QED) is 0.525. The van der Waals surface area contributed by atoms with Crippen LogP contribution in [0.2, 0.25) is 0 Å². The molecule has 0 spiro atoms. The normalized spacial score (nSPS) is 11.2. The molecule has 0 aliphatic rings. The van der Waals surface area contributed by atoms with Crippen molar-refractivity contribution in [1.82, 2.24) is 9.55 Å². The Morgan fingerprint density at radius 2 is 1.73 bits per heavy atom. The van der Waals surface area contributed by atoms with Crippen molar-refractivity contribution < 1.29 is 4.42 Å². The van der Waals surface area contributed by atoms with Gasteiger partial charge in [0.25, 0.3) is 0 Å². The maximum Gasteiger partial charge on any atom is 0.227 e. The zero-order valence-electron chi connectivity index (χ0n) is 12.6. The fraction of sp³-hybridized carbons (Fsp3) is 0.105. The van der Waals surface area contributed by atoms with Gasteiger partial charge < -0.3 is 8.98 Å². The van der Waals surface area contributed by atoms with E-state index in [0.717, 1.165) is 22.4 Å². The van der Waals surface area contributed by atoms with Gasteiger partial charge in [-0.2, -0.15) is 0 Å². The van der Waals surface area contributed by atoms with Gasteiger partial charge >= 0.3 is 0 Å². The van der Waals surface area contributed by atoms with Crippen molar-refractivity contribution in [3.63, 3.8) is 0 Å². The highest BCUT2D eigenvalue weighted by molar-refractivity contribution is 5.78. The molecule has 0 unspecified atom stereocenters. The summed E-state index contributed by atoms with van der Waals surface area (Å²) in [5.74, 6) is 0.669. The van der Waals surface area contributed by atoms with Gasteiger partial charge in [0.15, 0.2) is 5.58 Å². The Balaban J connectivity index is 1.81. The highest BCUT2D eigenvalue weighted by Crippen LogP contribution is 2.27. The molecule has 0 atom stereocenters.